The lowest BCUT2D eigenvalue weighted by molar-refractivity contribution is -0.171. The van der Waals surface area contributed by atoms with E-state index in [0.29, 0.717) is 26.2 Å². The number of hydrogen-bond acceptors (Lipinski definition) is 5. The van der Waals surface area contributed by atoms with E-state index in [1.807, 2.05) is 4.90 Å². The van der Waals surface area contributed by atoms with E-state index in [4.69, 9.17) is 0 Å². The van der Waals surface area contributed by atoms with Gasteiger partial charge in [0.1, 0.15) is 11.9 Å². The molecule has 2 atom stereocenters. The molecule has 0 aromatic heterocycles. The predicted molar refractivity (Wildman–Crippen MR) is 83.5 cm³/mol. The Morgan fingerprint density at radius 1 is 1.12 bits per heavy atom. The van der Waals surface area contributed by atoms with E-state index >= 15 is 0 Å². The number of carbonyl (C=O) groups is 2. The standard InChI is InChI=1S/C14H17FN4O4S/c15-10-1-3-11(4-2-10)17-5-7-18(8-6-17)24(23)16-12-9-13(20)19(22)14(12)21/h1-4,12,16,22H,5-9H2/t12-,24?/m1/s1. The van der Waals surface area contributed by atoms with Gasteiger partial charge in [-0.15, -0.1) is 0 Å². The van der Waals surface area contributed by atoms with Crippen molar-refractivity contribution in [3.05, 3.63) is 30.1 Å². The maximum absolute atomic E-state index is 13.0. The normalized spacial score (nSPS) is 23.8. The van der Waals surface area contributed by atoms with Crippen LogP contribution in [0.25, 0.3) is 0 Å². The molecule has 2 N–H and O–H groups in total. The van der Waals surface area contributed by atoms with Crippen molar-refractivity contribution in [1.82, 2.24) is 14.1 Å². The molecule has 1 unspecified atom stereocenters. The molecule has 10 heteroatoms. The minimum atomic E-state index is -1.64. The summed E-state index contributed by atoms with van der Waals surface area (Å²) in [5.41, 5.74) is 0.891. The van der Waals surface area contributed by atoms with Crippen LogP contribution in [0.4, 0.5) is 10.1 Å². The number of imide groups is 1. The third-order valence-electron chi connectivity index (χ3n) is 4.03. The van der Waals surface area contributed by atoms with Crippen molar-refractivity contribution < 1.29 is 23.4 Å². The average Bonchev–Trinajstić information content (AvgIpc) is 2.83. The van der Waals surface area contributed by atoms with Crippen molar-refractivity contribution in [1.29, 1.82) is 0 Å². The van der Waals surface area contributed by atoms with Crippen LogP contribution in [0.5, 0.6) is 0 Å². The minimum Gasteiger partial charge on any atom is -0.369 e. The highest BCUT2D eigenvalue weighted by Gasteiger charge is 2.39. The largest absolute Gasteiger partial charge is 0.369 e. The second-order valence-corrected chi connectivity index (χ2v) is 6.81. The van der Waals surface area contributed by atoms with Gasteiger partial charge in [0.15, 0.2) is 11.2 Å². The Hall–Kier alpha value is -1.88. The molecule has 0 spiro atoms. The van der Waals surface area contributed by atoms with Crippen LogP contribution < -0.4 is 9.62 Å². The topological polar surface area (TPSA) is 93.2 Å². The molecule has 24 heavy (non-hydrogen) atoms. The SMILES string of the molecule is O=C1C[C@@H](NS(=O)N2CCN(c3ccc(F)cc3)CC2)C(=O)N1O. The number of hydroxylamine groups is 2. The highest BCUT2D eigenvalue weighted by molar-refractivity contribution is 7.80. The summed E-state index contributed by atoms with van der Waals surface area (Å²) in [5, 5.41) is 9.25. The zero-order chi connectivity index (χ0) is 17.3. The van der Waals surface area contributed by atoms with Crippen LogP contribution in [0.3, 0.4) is 0 Å². The smallest absolute Gasteiger partial charge is 0.271 e. The van der Waals surface area contributed by atoms with Gasteiger partial charge in [-0.05, 0) is 24.3 Å². The van der Waals surface area contributed by atoms with E-state index in [9.17, 15) is 23.4 Å². The van der Waals surface area contributed by atoms with E-state index in [-0.39, 0.29) is 17.3 Å². The van der Waals surface area contributed by atoms with Crippen molar-refractivity contribution in [3.63, 3.8) is 0 Å². The first-order valence-electron chi connectivity index (χ1n) is 7.45. The van der Waals surface area contributed by atoms with Gasteiger partial charge in [-0.25, -0.2) is 17.6 Å². The van der Waals surface area contributed by atoms with Crippen molar-refractivity contribution in [2.75, 3.05) is 31.1 Å². The summed E-state index contributed by atoms with van der Waals surface area (Å²) in [6.45, 7) is 2.16. The molecule has 2 aliphatic rings. The lowest BCUT2D eigenvalue weighted by Gasteiger charge is -2.35. The third-order valence-corrected chi connectivity index (χ3v) is 5.35. The lowest BCUT2D eigenvalue weighted by Crippen LogP contribution is -2.51. The summed E-state index contributed by atoms with van der Waals surface area (Å²) in [6, 6.07) is 5.20. The molecule has 2 aliphatic heterocycles. The Bertz CT molecular complexity index is 663. The van der Waals surface area contributed by atoms with Crippen molar-refractivity contribution in [2.45, 2.75) is 12.5 Å². The number of anilines is 1. The second-order valence-electron chi connectivity index (χ2n) is 5.56. The van der Waals surface area contributed by atoms with Crippen LogP contribution in [0, 0.1) is 5.82 Å². The van der Waals surface area contributed by atoms with E-state index in [0.717, 1.165) is 5.69 Å². The van der Waals surface area contributed by atoms with Gasteiger partial charge in [-0.3, -0.25) is 14.8 Å². The van der Waals surface area contributed by atoms with Gasteiger partial charge in [-0.1, -0.05) is 0 Å². The molecule has 0 saturated carbocycles. The Labute approximate surface area is 140 Å². The van der Waals surface area contributed by atoms with Crippen LogP contribution in [0.2, 0.25) is 0 Å². The van der Waals surface area contributed by atoms with Crippen LogP contribution in [-0.2, 0) is 20.8 Å². The van der Waals surface area contributed by atoms with Crippen molar-refractivity contribution in [3.8, 4) is 0 Å². The fourth-order valence-electron chi connectivity index (χ4n) is 2.67. The number of nitrogens with one attached hydrogen (secondary N) is 1. The maximum atomic E-state index is 13.0. The van der Waals surface area contributed by atoms with Gasteiger partial charge in [0, 0.05) is 31.9 Å². The highest BCUT2D eigenvalue weighted by atomic mass is 32.2. The summed E-state index contributed by atoms with van der Waals surface area (Å²) in [5.74, 6) is -1.80. The van der Waals surface area contributed by atoms with E-state index in [1.165, 1.54) is 12.1 Å². The van der Waals surface area contributed by atoms with Gasteiger partial charge in [0.25, 0.3) is 11.8 Å². The molecule has 2 amide bonds. The molecule has 130 valence electrons. The molecular weight excluding hydrogens is 339 g/mol. The Balaban J connectivity index is 1.53. The van der Waals surface area contributed by atoms with Crippen LogP contribution in [0.15, 0.2) is 24.3 Å². The van der Waals surface area contributed by atoms with Gasteiger partial charge in [0.05, 0.1) is 6.42 Å². The first-order valence-corrected chi connectivity index (χ1v) is 8.55. The molecule has 8 nitrogen and oxygen atoms in total. The zero-order valence-corrected chi connectivity index (χ0v) is 13.5. The summed E-state index contributed by atoms with van der Waals surface area (Å²) in [6.07, 6.45) is -0.212. The maximum Gasteiger partial charge on any atom is 0.271 e. The zero-order valence-electron chi connectivity index (χ0n) is 12.7. The van der Waals surface area contributed by atoms with E-state index in [1.54, 1.807) is 16.4 Å². The first kappa shape index (κ1) is 17.0. The number of hydrogen-bond donors (Lipinski definition) is 2. The number of amides is 2. The average molecular weight is 356 g/mol. The number of rotatable bonds is 4. The number of piperazine rings is 1. The highest BCUT2D eigenvalue weighted by Crippen LogP contribution is 2.18. The fourth-order valence-corrected chi connectivity index (χ4v) is 3.74. The van der Waals surface area contributed by atoms with Crippen molar-refractivity contribution >= 4 is 28.7 Å². The number of halogens is 1. The molecule has 0 bridgehead atoms. The monoisotopic (exact) mass is 356 g/mol. The van der Waals surface area contributed by atoms with Gasteiger partial charge < -0.3 is 4.90 Å². The Morgan fingerprint density at radius 2 is 1.75 bits per heavy atom. The molecule has 2 heterocycles. The van der Waals surface area contributed by atoms with E-state index < -0.39 is 29.0 Å². The van der Waals surface area contributed by atoms with Crippen molar-refractivity contribution in [2.24, 2.45) is 0 Å². The molecular formula is C14H17FN4O4S. The predicted octanol–water partition coefficient (Wildman–Crippen LogP) is -0.367. The summed E-state index contributed by atoms with van der Waals surface area (Å²) in [4.78, 5) is 24.9. The van der Waals surface area contributed by atoms with Crippen LogP contribution >= 0.6 is 0 Å². The van der Waals surface area contributed by atoms with Crippen LogP contribution in [-0.4, -0.2) is 62.8 Å². The van der Waals surface area contributed by atoms with E-state index in [2.05, 4.69) is 4.72 Å². The molecule has 2 fully saturated rings. The summed E-state index contributed by atoms with van der Waals surface area (Å²) < 4.78 is 29.5. The molecule has 0 radical (unpaired) electrons. The molecule has 1 aromatic carbocycles. The molecule has 1 aromatic rings. The number of benzene rings is 1. The number of carbonyl (C=O) groups excluding carboxylic acids is 2. The Morgan fingerprint density at radius 3 is 2.29 bits per heavy atom. The molecule has 2 saturated heterocycles. The van der Waals surface area contributed by atoms with Crippen LogP contribution in [0.1, 0.15) is 6.42 Å². The first-order chi connectivity index (χ1) is 11.5. The quantitative estimate of drug-likeness (QED) is 0.567. The molecule has 3 rings (SSSR count). The molecule has 0 aliphatic carbocycles. The third kappa shape index (κ3) is 3.46. The van der Waals surface area contributed by atoms with Gasteiger partial charge >= 0.3 is 0 Å². The van der Waals surface area contributed by atoms with Gasteiger partial charge in [-0.2, -0.15) is 5.06 Å². The summed E-state index contributed by atoms with van der Waals surface area (Å²) >= 11 is -1.64. The minimum absolute atomic E-state index is 0.0569. The Kier molecular flexibility index (Phi) is 4.90. The summed E-state index contributed by atoms with van der Waals surface area (Å²) in [7, 11) is 0. The van der Waals surface area contributed by atoms with Gasteiger partial charge in [0.2, 0.25) is 0 Å². The number of nitrogens with zero attached hydrogens (tertiary/aromatic N) is 3. The fraction of sp³-hybridized carbons (Fsp3) is 0.429. The second kappa shape index (κ2) is 6.93. The lowest BCUT2D eigenvalue weighted by atomic mass is 10.2.